The molecule has 0 radical (unpaired) electrons. The normalized spacial score (nSPS) is 19.8. The van der Waals surface area contributed by atoms with Crippen LogP contribution in [0.2, 0.25) is 0 Å². The van der Waals surface area contributed by atoms with Gasteiger partial charge in [0, 0.05) is 32.1 Å². The highest BCUT2D eigenvalue weighted by Crippen LogP contribution is 2.25. The first-order valence-electron chi connectivity index (χ1n) is 10.5. The van der Waals surface area contributed by atoms with E-state index in [2.05, 4.69) is 5.32 Å². The van der Waals surface area contributed by atoms with Gasteiger partial charge in [0.15, 0.2) is 0 Å². The first-order chi connectivity index (χ1) is 14.2. The van der Waals surface area contributed by atoms with E-state index in [-0.39, 0.29) is 41.6 Å². The summed E-state index contributed by atoms with van der Waals surface area (Å²) in [4.78, 5) is 27.4. The summed E-state index contributed by atoms with van der Waals surface area (Å²) in [7, 11) is -3.71. The first-order valence-corrected chi connectivity index (χ1v) is 12.0. The fraction of sp³-hybridized carbons (Fsp3) is 0.619. The maximum absolute atomic E-state index is 13.1. The van der Waals surface area contributed by atoms with E-state index in [0.29, 0.717) is 12.8 Å². The Bertz CT molecular complexity index is 859. The fourth-order valence-corrected chi connectivity index (χ4v) is 5.50. The average molecular weight is 440 g/mol. The zero-order valence-corrected chi connectivity index (χ0v) is 18.3. The lowest BCUT2D eigenvalue weighted by Gasteiger charge is -2.32. The summed E-state index contributed by atoms with van der Waals surface area (Å²) in [6.45, 7) is 5.72. The Morgan fingerprint density at radius 3 is 2.13 bits per heavy atom. The number of nitrogens with one attached hydrogen (secondary N) is 1. The van der Waals surface area contributed by atoms with Crippen molar-refractivity contribution in [1.29, 1.82) is 0 Å². The molecule has 2 fully saturated rings. The third-order valence-electron chi connectivity index (χ3n) is 5.92. The molecule has 2 saturated heterocycles. The number of carbonyl (C=O) groups is 2. The van der Waals surface area contributed by atoms with Crippen molar-refractivity contribution in [2.45, 2.75) is 50.5 Å². The Hall–Kier alpha value is -2.00. The van der Waals surface area contributed by atoms with Crippen molar-refractivity contribution in [3.8, 4) is 0 Å². The summed E-state index contributed by atoms with van der Waals surface area (Å²) in [5, 5.41) is 2.91. The molecule has 1 aromatic rings. The van der Waals surface area contributed by atoms with Crippen molar-refractivity contribution < 1.29 is 22.4 Å². The highest BCUT2D eigenvalue weighted by molar-refractivity contribution is 7.89. The first kappa shape index (κ1) is 22.7. The van der Waals surface area contributed by atoms with Gasteiger partial charge in [0.25, 0.3) is 0 Å². The number of piperidine rings is 1. The molecule has 0 bridgehead atoms. The standard InChI is InChI=1S/C21H30FN3O4S/c1-15(2)19(21(27)24-11-3-4-12-24)23-20(26)16-9-13-25(14-10-16)30(28,29)18-7-5-17(22)6-8-18/h5-8,15-16,19H,3-4,9-14H2,1-2H3,(H,23,26)/t19-/m1/s1. The zero-order valence-electron chi connectivity index (χ0n) is 17.5. The maximum atomic E-state index is 13.1. The molecule has 166 valence electrons. The van der Waals surface area contributed by atoms with Crippen LogP contribution in [0.15, 0.2) is 29.2 Å². The van der Waals surface area contributed by atoms with Gasteiger partial charge in [-0.15, -0.1) is 0 Å². The lowest BCUT2D eigenvalue weighted by atomic mass is 9.95. The van der Waals surface area contributed by atoms with E-state index in [4.69, 9.17) is 0 Å². The minimum absolute atomic E-state index is 0.0269. The lowest BCUT2D eigenvalue weighted by molar-refractivity contribution is -0.138. The Morgan fingerprint density at radius 1 is 1.03 bits per heavy atom. The summed E-state index contributed by atoms with van der Waals surface area (Å²) in [5.74, 6) is -1.09. The summed E-state index contributed by atoms with van der Waals surface area (Å²) in [5.41, 5.74) is 0. The van der Waals surface area contributed by atoms with Crippen LogP contribution in [-0.4, -0.2) is 61.7 Å². The van der Waals surface area contributed by atoms with Crippen molar-refractivity contribution >= 4 is 21.8 Å². The number of halogens is 1. The number of benzene rings is 1. The van der Waals surface area contributed by atoms with Crippen molar-refractivity contribution in [3.63, 3.8) is 0 Å². The van der Waals surface area contributed by atoms with E-state index in [1.54, 1.807) is 0 Å². The van der Waals surface area contributed by atoms with E-state index in [1.807, 2.05) is 18.7 Å². The molecule has 2 heterocycles. The van der Waals surface area contributed by atoms with Gasteiger partial charge in [-0.3, -0.25) is 9.59 Å². The van der Waals surface area contributed by atoms with Gasteiger partial charge in [0.2, 0.25) is 21.8 Å². The van der Waals surface area contributed by atoms with E-state index >= 15 is 0 Å². The van der Waals surface area contributed by atoms with Crippen molar-refractivity contribution in [2.75, 3.05) is 26.2 Å². The van der Waals surface area contributed by atoms with Gasteiger partial charge in [-0.25, -0.2) is 12.8 Å². The van der Waals surface area contributed by atoms with Gasteiger partial charge in [0.05, 0.1) is 4.90 Å². The van der Waals surface area contributed by atoms with Gasteiger partial charge in [-0.2, -0.15) is 4.31 Å². The minimum Gasteiger partial charge on any atom is -0.344 e. The smallest absolute Gasteiger partial charge is 0.245 e. The third-order valence-corrected chi connectivity index (χ3v) is 7.84. The fourth-order valence-electron chi connectivity index (χ4n) is 4.03. The molecule has 0 unspecified atom stereocenters. The molecule has 9 heteroatoms. The monoisotopic (exact) mass is 439 g/mol. The highest BCUT2D eigenvalue weighted by Gasteiger charge is 2.35. The van der Waals surface area contributed by atoms with Crippen molar-refractivity contribution in [1.82, 2.24) is 14.5 Å². The highest BCUT2D eigenvalue weighted by atomic mass is 32.2. The quantitative estimate of drug-likeness (QED) is 0.734. The number of sulfonamides is 1. The second kappa shape index (κ2) is 9.43. The van der Waals surface area contributed by atoms with Crippen LogP contribution in [0.1, 0.15) is 39.5 Å². The Labute approximate surface area is 177 Å². The predicted molar refractivity (Wildman–Crippen MR) is 110 cm³/mol. The van der Waals surface area contributed by atoms with Crippen LogP contribution in [-0.2, 0) is 19.6 Å². The Balaban J connectivity index is 1.59. The van der Waals surface area contributed by atoms with E-state index in [1.165, 1.54) is 16.4 Å². The van der Waals surface area contributed by atoms with Crippen molar-refractivity contribution in [2.24, 2.45) is 11.8 Å². The van der Waals surface area contributed by atoms with Crippen molar-refractivity contribution in [3.05, 3.63) is 30.1 Å². The van der Waals surface area contributed by atoms with Crippen LogP contribution in [0.3, 0.4) is 0 Å². The van der Waals surface area contributed by atoms with Gasteiger partial charge < -0.3 is 10.2 Å². The van der Waals surface area contributed by atoms with E-state index in [0.717, 1.165) is 38.1 Å². The molecule has 2 aliphatic heterocycles. The summed E-state index contributed by atoms with van der Waals surface area (Å²) < 4.78 is 39.9. The molecule has 2 amide bonds. The number of nitrogens with zero attached hydrogens (tertiary/aromatic N) is 2. The number of hydrogen-bond donors (Lipinski definition) is 1. The SMILES string of the molecule is CC(C)[C@@H](NC(=O)C1CCN(S(=O)(=O)c2ccc(F)cc2)CC1)C(=O)N1CCCC1. The molecule has 0 saturated carbocycles. The van der Waals surface area contributed by atoms with Crippen LogP contribution in [0.25, 0.3) is 0 Å². The second-order valence-electron chi connectivity index (χ2n) is 8.39. The molecule has 7 nitrogen and oxygen atoms in total. The van der Waals surface area contributed by atoms with E-state index in [9.17, 15) is 22.4 Å². The molecule has 1 aromatic carbocycles. The molecule has 0 spiro atoms. The molecular weight excluding hydrogens is 409 g/mol. The third kappa shape index (κ3) is 5.00. The number of amides is 2. The summed E-state index contributed by atoms with van der Waals surface area (Å²) in [6.07, 6.45) is 2.75. The largest absolute Gasteiger partial charge is 0.344 e. The maximum Gasteiger partial charge on any atom is 0.245 e. The predicted octanol–water partition coefficient (Wildman–Crippen LogP) is 1.99. The molecule has 0 aliphatic carbocycles. The number of carbonyl (C=O) groups excluding carboxylic acids is 2. The molecule has 30 heavy (non-hydrogen) atoms. The molecular formula is C21H30FN3O4S. The van der Waals surface area contributed by atoms with Crippen LogP contribution in [0.5, 0.6) is 0 Å². The van der Waals surface area contributed by atoms with Gasteiger partial charge >= 0.3 is 0 Å². The van der Waals surface area contributed by atoms with Gasteiger partial charge in [-0.05, 0) is 55.9 Å². The number of likely N-dealkylation sites (tertiary alicyclic amines) is 1. The molecule has 2 aliphatic rings. The topological polar surface area (TPSA) is 86.8 Å². The van der Waals surface area contributed by atoms with Crippen LogP contribution >= 0.6 is 0 Å². The Kier molecular flexibility index (Phi) is 7.13. The average Bonchev–Trinajstić information content (AvgIpc) is 3.26. The lowest BCUT2D eigenvalue weighted by Crippen LogP contribution is -2.53. The second-order valence-corrected chi connectivity index (χ2v) is 10.3. The van der Waals surface area contributed by atoms with Crippen LogP contribution < -0.4 is 5.32 Å². The van der Waals surface area contributed by atoms with Crippen LogP contribution in [0, 0.1) is 17.7 Å². The molecule has 0 aromatic heterocycles. The Morgan fingerprint density at radius 2 is 1.60 bits per heavy atom. The minimum atomic E-state index is -3.71. The summed E-state index contributed by atoms with van der Waals surface area (Å²) >= 11 is 0. The van der Waals surface area contributed by atoms with E-state index < -0.39 is 21.9 Å². The number of rotatable bonds is 6. The zero-order chi connectivity index (χ0) is 21.9. The number of hydrogen-bond acceptors (Lipinski definition) is 4. The van der Waals surface area contributed by atoms with Gasteiger partial charge in [-0.1, -0.05) is 13.8 Å². The van der Waals surface area contributed by atoms with Gasteiger partial charge in [0.1, 0.15) is 11.9 Å². The summed E-state index contributed by atoms with van der Waals surface area (Å²) in [6, 6.07) is 4.19. The molecule has 1 N–H and O–H groups in total. The molecule has 1 atom stereocenters. The van der Waals surface area contributed by atoms with Crippen LogP contribution in [0.4, 0.5) is 4.39 Å². The molecule has 3 rings (SSSR count).